The van der Waals surface area contributed by atoms with Gasteiger partial charge in [0.1, 0.15) is 6.07 Å². The predicted octanol–water partition coefficient (Wildman–Crippen LogP) is 2.50. The number of anilines is 1. The number of halogens is 2. The van der Waals surface area contributed by atoms with E-state index < -0.39 is 11.4 Å². The number of ketones is 1. The summed E-state index contributed by atoms with van der Waals surface area (Å²) in [5.41, 5.74) is 4.94. The maximum atomic E-state index is 12.3. The number of nitrogens with zero attached hydrogens (tertiary/aromatic N) is 1. The van der Waals surface area contributed by atoms with Crippen molar-refractivity contribution in [1.82, 2.24) is 5.32 Å². The van der Waals surface area contributed by atoms with Gasteiger partial charge in [0.05, 0.1) is 27.7 Å². The molecule has 0 aromatic heterocycles. The molecule has 0 bridgehead atoms. The Balaban J connectivity index is 3.13. The molecule has 0 fully saturated rings. The highest BCUT2D eigenvalue weighted by atomic mass is 35.5. The number of nitrogens with two attached hydrogens (primary N) is 1. The number of carbonyl (C=O) groups excluding carboxylic acids is 2. The highest BCUT2D eigenvalue weighted by molar-refractivity contribution is 6.33. The number of nitriles is 1. The van der Waals surface area contributed by atoms with E-state index in [1.165, 1.54) is 12.1 Å². The third-order valence-corrected chi connectivity index (χ3v) is 3.90. The van der Waals surface area contributed by atoms with Gasteiger partial charge in [-0.3, -0.25) is 9.59 Å². The fraction of sp³-hybridized carbons (Fsp3) is 0.357. The zero-order chi connectivity index (χ0) is 16.2. The van der Waals surface area contributed by atoms with E-state index in [0.717, 1.165) is 0 Å². The van der Waals surface area contributed by atoms with Crippen LogP contribution >= 0.6 is 23.2 Å². The SMILES string of the molecule is CCC(C)(NC(=O)c1cc(Cl)c(N)c(C#N)c1)C(=O)CCl. The van der Waals surface area contributed by atoms with Crippen LogP contribution in [0, 0.1) is 11.3 Å². The van der Waals surface area contributed by atoms with Gasteiger partial charge in [0.15, 0.2) is 5.78 Å². The van der Waals surface area contributed by atoms with E-state index in [1.54, 1.807) is 13.8 Å². The van der Waals surface area contributed by atoms with Crippen LogP contribution in [0.2, 0.25) is 5.02 Å². The van der Waals surface area contributed by atoms with Crippen LogP contribution in [0.15, 0.2) is 12.1 Å². The van der Waals surface area contributed by atoms with Gasteiger partial charge in [-0.2, -0.15) is 5.26 Å². The first-order valence-corrected chi connectivity index (χ1v) is 7.11. The molecule has 7 heteroatoms. The summed E-state index contributed by atoms with van der Waals surface area (Å²) < 4.78 is 0. The molecule has 5 nitrogen and oxygen atoms in total. The summed E-state index contributed by atoms with van der Waals surface area (Å²) >= 11 is 11.4. The van der Waals surface area contributed by atoms with Crippen LogP contribution in [-0.2, 0) is 4.79 Å². The minimum atomic E-state index is -1.07. The molecule has 0 saturated carbocycles. The van der Waals surface area contributed by atoms with Crippen LogP contribution in [0.25, 0.3) is 0 Å². The summed E-state index contributed by atoms with van der Waals surface area (Å²) in [6.07, 6.45) is 0.387. The lowest BCUT2D eigenvalue weighted by Crippen LogP contribution is -2.52. The van der Waals surface area contributed by atoms with Gasteiger partial charge in [0, 0.05) is 5.56 Å². The Morgan fingerprint density at radius 1 is 1.48 bits per heavy atom. The van der Waals surface area contributed by atoms with Gasteiger partial charge in [-0.15, -0.1) is 11.6 Å². The summed E-state index contributed by atoms with van der Waals surface area (Å²) in [5.74, 6) is -1.01. The van der Waals surface area contributed by atoms with Gasteiger partial charge in [0.2, 0.25) is 0 Å². The first kappa shape index (κ1) is 17.3. The molecule has 0 spiro atoms. The van der Waals surface area contributed by atoms with Crippen molar-refractivity contribution in [2.75, 3.05) is 11.6 Å². The van der Waals surface area contributed by atoms with Crippen LogP contribution in [0.1, 0.15) is 36.2 Å². The van der Waals surface area contributed by atoms with Gasteiger partial charge >= 0.3 is 0 Å². The second-order valence-electron chi connectivity index (χ2n) is 4.73. The molecule has 0 heterocycles. The molecule has 112 valence electrons. The topological polar surface area (TPSA) is 96.0 Å². The van der Waals surface area contributed by atoms with Crippen molar-refractivity contribution in [3.05, 3.63) is 28.3 Å². The summed E-state index contributed by atoms with van der Waals surface area (Å²) in [7, 11) is 0. The number of benzene rings is 1. The fourth-order valence-corrected chi connectivity index (χ4v) is 2.18. The lowest BCUT2D eigenvalue weighted by Gasteiger charge is -2.27. The van der Waals surface area contributed by atoms with Crippen molar-refractivity contribution in [2.24, 2.45) is 0 Å². The van der Waals surface area contributed by atoms with Crippen LogP contribution < -0.4 is 11.1 Å². The summed E-state index contributed by atoms with van der Waals surface area (Å²) in [4.78, 5) is 24.1. The van der Waals surface area contributed by atoms with E-state index in [1.807, 2.05) is 6.07 Å². The third kappa shape index (κ3) is 3.66. The highest BCUT2D eigenvalue weighted by Crippen LogP contribution is 2.25. The van der Waals surface area contributed by atoms with E-state index >= 15 is 0 Å². The van der Waals surface area contributed by atoms with Crippen molar-refractivity contribution < 1.29 is 9.59 Å². The minimum absolute atomic E-state index is 0.106. The first-order valence-electron chi connectivity index (χ1n) is 6.20. The number of carbonyl (C=O) groups is 2. The maximum absolute atomic E-state index is 12.3. The number of alkyl halides is 1. The quantitative estimate of drug-likeness (QED) is 0.641. The molecule has 1 aromatic carbocycles. The number of hydrogen-bond acceptors (Lipinski definition) is 4. The average molecular weight is 328 g/mol. The number of Topliss-reactive ketones (excluding diaryl/α,β-unsaturated/α-hetero) is 1. The van der Waals surface area contributed by atoms with Crippen LogP contribution in [0.3, 0.4) is 0 Å². The predicted molar refractivity (Wildman–Crippen MR) is 82.5 cm³/mol. The number of rotatable bonds is 5. The normalized spacial score (nSPS) is 13.1. The van der Waals surface area contributed by atoms with E-state index in [-0.39, 0.29) is 33.5 Å². The molecule has 1 atom stereocenters. The number of amides is 1. The zero-order valence-electron chi connectivity index (χ0n) is 11.7. The molecule has 1 rings (SSSR count). The standard InChI is InChI=1S/C14H15Cl2N3O2/c1-3-14(2,11(20)6-15)19-13(21)8-4-9(7-17)12(18)10(16)5-8/h4-5H,3,6,18H2,1-2H3,(H,19,21). The molecular weight excluding hydrogens is 313 g/mol. The number of hydrogen-bond donors (Lipinski definition) is 2. The Labute approximate surface area is 133 Å². The van der Waals surface area contributed by atoms with Crippen LogP contribution in [-0.4, -0.2) is 23.1 Å². The van der Waals surface area contributed by atoms with Gasteiger partial charge in [0.25, 0.3) is 5.91 Å². The Hall–Kier alpha value is -1.77. The van der Waals surface area contributed by atoms with Crippen LogP contribution in [0.4, 0.5) is 5.69 Å². The number of nitrogens with one attached hydrogen (secondary N) is 1. The molecule has 3 N–H and O–H groups in total. The van der Waals surface area contributed by atoms with E-state index in [9.17, 15) is 9.59 Å². The molecule has 0 radical (unpaired) electrons. The van der Waals surface area contributed by atoms with Gasteiger partial charge in [-0.05, 0) is 25.5 Å². The van der Waals surface area contributed by atoms with Gasteiger partial charge in [-0.1, -0.05) is 18.5 Å². The Bertz CT molecular complexity index is 625. The van der Waals surface area contributed by atoms with Gasteiger partial charge < -0.3 is 11.1 Å². The fourth-order valence-electron chi connectivity index (χ4n) is 1.67. The van der Waals surface area contributed by atoms with Gasteiger partial charge in [-0.25, -0.2) is 0 Å². The molecule has 1 aromatic rings. The first-order chi connectivity index (χ1) is 9.78. The Morgan fingerprint density at radius 3 is 2.57 bits per heavy atom. The summed E-state index contributed by atoms with van der Waals surface area (Å²) in [6.45, 7) is 3.36. The largest absolute Gasteiger partial charge is 0.396 e. The van der Waals surface area contributed by atoms with E-state index in [4.69, 9.17) is 34.2 Å². The zero-order valence-corrected chi connectivity index (χ0v) is 13.2. The molecule has 0 saturated heterocycles. The second-order valence-corrected chi connectivity index (χ2v) is 5.40. The second kappa shape index (κ2) is 6.79. The van der Waals surface area contributed by atoms with Crippen molar-refractivity contribution in [1.29, 1.82) is 5.26 Å². The number of nitrogen functional groups attached to an aromatic ring is 1. The molecular formula is C14H15Cl2N3O2. The molecule has 1 unspecified atom stereocenters. The Morgan fingerprint density at radius 2 is 2.10 bits per heavy atom. The third-order valence-electron chi connectivity index (χ3n) is 3.35. The molecule has 0 aliphatic carbocycles. The Kier molecular flexibility index (Phi) is 5.59. The van der Waals surface area contributed by atoms with Crippen molar-refractivity contribution >= 4 is 40.6 Å². The molecule has 21 heavy (non-hydrogen) atoms. The van der Waals surface area contributed by atoms with Crippen LogP contribution in [0.5, 0.6) is 0 Å². The minimum Gasteiger partial charge on any atom is -0.396 e. The summed E-state index contributed by atoms with van der Waals surface area (Å²) in [6, 6.07) is 4.55. The smallest absolute Gasteiger partial charge is 0.252 e. The monoisotopic (exact) mass is 327 g/mol. The lowest BCUT2D eigenvalue weighted by molar-refractivity contribution is -0.122. The lowest BCUT2D eigenvalue weighted by atomic mass is 9.93. The molecule has 0 aliphatic rings. The highest BCUT2D eigenvalue weighted by Gasteiger charge is 2.32. The maximum Gasteiger partial charge on any atom is 0.252 e. The van der Waals surface area contributed by atoms with E-state index in [2.05, 4.69) is 5.32 Å². The average Bonchev–Trinajstić information content (AvgIpc) is 2.48. The van der Waals surface area contributed by atoms with E-state index in [0.29, 0.717) is 6.42 Å². The van der Waals surface area contributed by atoms with Crippen molar-refractivity contribution in [2.45, 2.75) is 25.8 Å². The van der Waals surface area contributed by atoms with Crippen molar-refractivity contribution in [3.63, 3.8) is 0 Å². The summed E-state index contributed by atoms with van der Waals surface area (Å²) in [5, 5.41) is 11.7. The molecule has 1 amide bonds. The molecule has 0 aliphatic heterocycles. The van der Waals surface area contributed by atoms with Crippen molar-refractivity contribution in [3.8, 4) is 6.07 Å².